The van der Waals surface area contributed by atoms with Crippen LogP contribution in [0.25, 0.3) is 0 Å². The molecule has 6 heteroatoms. The number of carbonyl (C=O) groups excluding carboxylic acids is 1. The van der Waals surface area contributed by atoms with Gasteiger partial charge in [0.05, 0.1) is 5.56 Å². The molecule has 2 aromatic rings. The van der Waals surface area contributed by atoms with Crippen molar-refractivity contribution in [2.45, 2.75) is 6.92 Å². The summed E-state index contributed by atoms with van der Waals surface area (Å²) in [4.78, 5) is 11.9. The van der Waals surface area contributed by atoms with Crippen LogP contribution in [0.5, 0.6) is 17.2 Å². The minimum absolute atomic E-state index is 0.00256. The van der Waals surface area contributed by atoms with E-state index in [1.807, 2.05) is 0 Å². The lowest BCUT2D eigenvalue weighted by molar-refractivity contribution is 0.0918. The van der Waals surface area contributed by atoms with Crippen LogP contribution in [0.4, 0.5) is 8.78 Å². The third-order valence-corrected chi connectivity index (χ3v) is 2.88. The Labute approximate surface area is 119 Å². The summed E-state index contributed by atoms with van der Waals surface area (Å²) in [5.41, 5.74) is 0.400. The molecule has 0 saturated heterocycles. The molecule has 0 atom stereocenters. The number of benzene rings is 2. The second kappa shape index (κ2) is 5.78. The monoisotopic (exact) mass is 294 g/mol. The van der Waals surface area contributed by atoms with Gasteiger partial charge in [-0.3, -0.25) is 4.79 Å². The van der Waals surface area contributed by atoms with Gasteiger partial charge in [-0.2, -0.15) is 0 Å². The number of phenols is 2. The number of Topliss-reactive ketones (excluding diaryl/α,β-unsaturated/α-hetero) is 1. The number of hydrogen-bond donors (Lipinski definition) is 2. The highest BCUT2D eigenvalue weighted by atomic mass is 19.2. The summed E-state index contributed by atoms with van der Waals surface area (Å²) in [6.07, 6.45) is 0. The van der Waals surface area contributed by atoms with Crippen molar-refractivity contribution in [3.8, 4) is 17.2 Å². The minimum atomic E-state index is -1.08. The molecule has 0 aromatic heterocycles. The molecule has 2 N–H and O–H groups in total. The maximum absolute atomic E-state index is 13.0. The zero-order valence-corrected chi connectivity index (χ0v) is 11.1. The molecule has 0 bridgehead atoms. The van der Waals surface area contributed by atoms with Gasteiger partial charge in [-0.15, -0.1) is 0 Å². The van der Waals surface area contributed by atoms with Crippen molar-refractivity contribution in [1.82, 2.24) is 0 Å². The first-order chi connectivity index (χ1) is 9.88. The Morgan fingerprint density at radius 3 is 2.48 bits per heavy atom. The normalized spacial score (nSPS) is 10.4. The average Bonchev–Trinajstić information content (AvgIpc) is 2.44. The quantitative estimate of drug-likeness (QED) is 0.851. The van der Waals surface area contributed by atoms with Crippen molar-refractivity contribution < 1.29 is 28.5 Å². The molecule has 0 fully saturated rings. The number of aryl methyl sites for hydroxylation is 1. The maximum atomic E-state index is 13.0. The van der Waals surface area contributed by atoms with Crippen LogP contribution in [0.1, 0.15) is 15.9 Å². The lowest BCUT2D eigenvalue weighted by Crippen LogP contribution is -2.12. The number of halogens is 2. The highest BCUT2D eigenvalue weighted by Crippen LogP contribution is 2.27. The molecule has 0 aliphatic heterocycles. The Kier molecular flexibility index (Phi) is 4.07. The molecule has 4 nitrogen and oxygen atoms in total. The number of carbonyl (C=O) groups is 1. The lowest BCUT2D eigenvalue weighted by atomic mass is 10.1. The van der Waals surface area contributed by atoms with Crippen LogP contribution >= 0.6 is 0 Å². The molecule has 0 radical (unpaired) electrons. The smallest absolute Gasteiger partial charge is 0.203 e. The van der Waals surface area contributed by atoms with Gasteiger partial charge < -0.3 is 14.9 Å². The van der Waals surface area contributed by atoms with Crippen LogP contribution in [0.2, 0.25) is 0 Å². The van der Waals surface area contributed by atoms with Gasteiger partial charge in [-0.05, 0) is 30.7 Å². The molecule has 0 spiro atoms. The molecular weight excluding hydrogens is 282 g/mol. The molecule has 2 rings (SSSR count). The van der Waals surface area contributed by atoms with Gasteiger partial charge in [0, 0.05) is 12.1 Å². The summed E-state index contributed by atoms with van der Waals surface area (Å²) in [5.74, 6) is -3.16. The average molecular weight is 294 g/mol. The Balaban J connectivity index is 2.11. The predicted octanol–water partition coefficient (Wildman–Crippen LogP) is 2.95. The van der Waals surface area contributed by atoms with Crippen molar-refractivity contribution in [2.75, 3.05) is 6.61 Å². The molecule has 21 heavy (non-hydrogen) atoms. The molecule has 110 valence electrons. The third-order valence-electron chi connectivity index (χ3n) is 2.88. The Morgan fingerprint density at radius 2 is 1.81 bits per heavy atom. The van der Waals surface area contributed by atoms with E-state index in [9.17, 15) is 23.8 Å². The van der Waals surface area contributed by atoms with Gasteiger partial charge in [0.1, 0.15) is 17.2 Å². The minimum Gasteiger partial charge on any atom is -0.508 e. The molecule has 0 aliphatic carbocycles. The maximum Gasteiger partial charge on any atom is 0.203 e. The molecule has 0 aliphatic rings. The summed E-state index contributed by atoms with van der Waals surface area (Å²) in [6, 6.07) is 5.28. The topological polar surface area (TPSA) is 66.8 Å². The van der Waals surface area contributed by atoms with E-state index in [4.69, 9.17) is 4.74 Å². The zero-order chi connectivity index (χ0) is 15.6. The fourth-order valence-electron chi connectivity index (χ4n) is 1.70. The van der Waals surface area contributed by atoms with Crippen molar-refractivity contribution in [1.29, 1.82) is 0 Å². The first-order valence-corrected chi connectivity index (χ1v) is 6.02. The first-order valence-electron chi connectivity index (χ1n) is 6.02. The van der Waals surface area contributed by atoms with Crippen molar-refractivity contribution in [3.05, 3.63) is 53.1 Å². The lowest BCUT2D eigenvalue weighted by Gasteiger charge is -2.09. The van der Waals surface area contributed by atoms with Crippen molar-refractivity contribution in [2.24, 2.45) is 0 Å². The molecule has 2 aromatic carbocycles. The van der Waals surface area contributed by atoms with E-state index < -0.39 is 24.0 Å². The standard InChI is InChI=1S/C15H12F2O4/c1-8-4-10(14(19)6-13(8)18)15(20)7-21-9-2-3-11(16)12(17)5-9/h2-6,18-19H,7H2,1H3. The van der Waals surface area contributed by atoms with Gasteiger partial charge in [0.2, 0.25) is 5.78 Å². The number of ether oxygens (including phenoxy) is 1. The highest BCUT2D eigenvalue weighted by Gasteiger charge is 2.15. The molecule has 0 heterocycles. The summed E-state index contributed by atoms with van der Waals surface area (Å²) >= 11 is 0. The van der Waals surface area contributed by atoms with Crippen LogP contribution in [-0.2, 0) is 0 Å². The van der Waals surface area contributed by atoms with E-state index in [0.717, 1.165) is 18.2 Å². The number of phenolic OH excluding ortho intramolecular Hbond substituents is 2. The Hall–Kier alpha value is -2.63. The van der Waals surface area contributed by atoms with Crippen LogP contribution in [-0.4, -0.2) is 22.6 Å². The van der Waals surface area contributed by atoms with Crippen LogP contribution in [0.15, 0.2) is 30.3 Å². The van der Waals surface area contributed by atoms with E-state index in [1.54, 1.807) is 6.92 Å². The summed E-state index contributed by atoms with van der Waals surface area (Å²) in [5, 5.41) is 19.0. The van der Waals surface area contributed by atoms with Crippen molar-refractivity contribution >= 4 is 5.78 Å². The van der Waals surface area contributed by atoms with Gasteiger partial charge in [0.25, 0.3) is 0 Å². The van der Waals surface area contributed by atoms with E-state index in [-0.39, 0.29) is 22.8 Å². The van der Waals surface area contributed by atoms with E-state index >= 15 is 0 Å². The van der Waals surface area contributed by atoms with Crippen LogP contribution in [0, 0.1) is 18.6 Å². The largest absolute Gasteiger partial charge is 0.508 e. The molecule has 0 amide bonds. The molecule has 0 saturated carbocycles. The van der Waals surface area contributed by atoms with Gasteiger partial charge in [0.15, 0.2) is 18.2 Å². The third kappa shape index (κ3) is 3.28. The summed E-state index contributed by atoms with van der Waals surface area (Å²) < 4.78 is 30.8. The van der Waals surface area contributed by atoms with Crippen LogP contribution in [0.3, 0.4) is 0 Å². The van der Waals surface area contributed by atoms with Gasteiger partial charge in [-0.1, -0.05) is 0 Å². The van der Waals surface area contributed by atoms with E-state index in [2.05, 4.69) is 0 Å². The molecular formula is C15H12F2O4. The Morgan fingerprint density at radius 1 is 1.10 bits per heavy atom. The number of aromatic hydroxyl groups is 2. The second-order valence-corrected chi connectivity index (χ2v) is 4.44. The number of ketones is 1. The number of rotatable bonds is 4. The van der Waals surface area contributed by atoms with E-state index in [0.29, 0.717) is 5.56 Å². The summed E-state index contributed by atoms with van der Waals surface area (Å²) in [6.45, 7) is 1.12. The zero-order valence-electron chi connectivity index (χ0n) is 11.1. The number of hydrogen-bond acceptors (Lipinski definition) is 4. The predicted molar refractivity (Wildman–Crippen MR) is 70.7 cm³/mol. The van der Waals surface area contributed by atoms with Gasteiger partial charge >= 0.3 is 0 Å². The Bertz CT molecular complexity index is 698. The van der Waals surface area contributed by atoms with Crippen molar-refractivity contribution in [3.63, 3.8) is 0 Å². The van der Waals surface area contributed by atoms with E-state index in [1.165, 1.54) is 12.1 Å². The van der Waals surface area contributed by atoms with Gasteiger partial charge in [-0.25, -0.2) is 8.78 Å². The highest BCUT2D eigenvalue weighted by molar-refractivity contribution is 6.00. The fraction of sp³-hybridized carbons (Fsp3) is 0.133. The molecule has 0 unspecified atom stereocenters. The van der Waals surface area contributed by atoms with Crippen LogP contribution < -0.4 is 4.74 Å². The fourth-order valence-corrected chi connectivity index (χ4v) is 1.70. The SMILES string of the molecule is Cc1cc(C(=O)COc2ccc(F)c(F)c2)c(O)cc1O. The first kappa shape index (κ1) is 14.8. The second-order valence-electron chi connectivity index (χ2n) is 4.44. The summed E-state index contributed by atoms with van der Waals surface area (Å²) in [7, 11) is 0.